The molecular weight excluding hydrogens is 400 g/mol. The molecule has 5 aliphatic rings. The van der Waals surface area contributed by atoms with E-state index in [-0.39, 0.29) is 11.5 Å². The average molecular weight is 457 g/mol. The van der Waals surface area contributed by atoms with E-state index in [1.807, 2.05) is 0 Å². The second-order valence-electron chi connectivity index (χ2n) is 16.7. The van der Waals surface area contributed by atoms with Gasteiger partial charge < -0.3 is 5.11 Å². The van der Waals surface area contributed by atoms with Crippen LogP contribution in [0.3, 0.4) is 0 Å². The maximum absolute atomic E-state index is 11.2. The van der Waals surface area contributed by atoms with E-state index in [4.69, 9.17) is 0 Å². The van der Waals surface area contributed by atoms with Crippen LogP contribution in [0.25, 0.3) is 0 Å². The number of rotatable bonds is 0. The van der Waals surface area contributed by atoms with Crippen LogP contribution in [0.15, 0.2) is 0 Å². The van der Waals surface area contributed by atoms with Crippen molar-refractivity contribution in [2.75, 3.05) is 0 Å². The van der Waals surface area contributed by atoms with E-state index in [9.17, 15) is 5.11 Å². The highest BCUT2D eigenvalue weighted by atomic mass is 16.3. The molecule has 0 aromatic heterocycles. The minimum absolute atomic E-state index is 0.0396. The van der Waals surface area contributed by atoms with Gasteiger partial charge in [0.05, 0.1) is 6.10 Å². The van der Waals surface area contributed by atoms with Crippen molar-refractivity contribution in [2.24, 2.45) is 68.0 Å². The van der Waals surface area contributed by atoms with Gasteiger partial charge in [0, 0.05) is 0 Å². The van der Waals surface area contributed by atoms with Crippen molar-refractivity contribution in [1.29, 1.82) is 0 Å². The summed E-state index contributed by atoms with van der Waals surface area (Å²) >= 11 is 0. The van der Waals surface area contributed by atoms with E-state index < -0.39 is 0 Å². The molecule has 5 saturated carbocycles. The quantitative estimate of drug-likeness (QED) is 0.386. The van der Waals surface area contributed by atoms with Gasteiger partial charge in [-0.15, -0.1) is 0 Å². The van der Waals surface area contributed by atoms with Gasteiger partial charge in [-0.25, -0.2) is 0 Å². The Hall–Kier alpha value is -0.0400. The highest BCUT2D eigenvalue weighted by Crippen LogP contribution is 2.78. The van der Waals surface area contributed by atoms with Crippen LogP contribution >= 0.6 is 0 Å². The predicted octanol–water partition coefficient (Wildman–Crippen LogP) is 8.74. The molecule has 11 atom stereocenters. The van der Waals surface area contributed by atoms with Crippen molar-refractivity contribution in [1.82, 2.24) is 0 Å². The molecule has 0 aliphatic heterocycles. The van der Waals surface area contributed by atoms with E-state index in [1.54, 1.807) is 0 Å². The monoisotopic (exact) mass is 456 g/mol. The molecule has 33 heavy (non-hydrogen) atoms. The summed E-state index contributed by atoms with van der Waals surface area (Å²) in [6, 6.07) is 0. The van der Waals surface area contributed by atoms with E-state index in [0.717, 1.165) is 23.7 Å². The van der Waals surface area contributed by atoms with Crippen LogP contribution < -0.4 is 0 Å². The summed E-state index contributed by atoms with van der Waals surface area (Å²) in [7, 11) is 0. The highest BCUT2D eigenvalue weighted by molar-refractivity contribution is 5.20. The van der Waals surface area contributed by atoms with Crippen molar-refractivity contribution < 1.29 is 5.11 Å². The summed E-state index contributed by atoms with van der Waals surface area (Å²) in [5, 5.41) is 11.2. The van der Waals surface area contributed by atoms with Crippen molar-refractivity contribution in [2.45, 2.75) is 133 Å². The lowest BCUT2D eigenvalue weighted by molar-refractivity contribution is -0.271. The van der Waals surface area contributed by atoms with Gasteiger partial charge in [0.15, 0.2) is 0 Å². The van der Waals surface area contributed by atoms with Crippen LogP contribution in [-0.4, -0.2) is 11.2 Å². The smallest absolute Gasteiger partial charge is 0.0619 e. The zero-order valence-electron chi connectivity index (χ0n) is 23.9. The Kier molecular flexibility index (Phi) is 5.26. The Morgan fingerprint density at radius 1 is 0.576 bits per heavy atom. The van der Waals surface area contributed by atoms with Crippen molar-refractivity contribution in [3.63, 3.8) is 0 Å². The minimum atomic E-state index is -0.146. The standard InChI is InChI=1S/C32H56O/c1-20-17-27(3,4)22-13-15-31(9)24(29(22,7)18-20)11-12-25-30(8)19-21(2)26(33)28(5,6)23(30)14-16-32(25,31)10/h20-26,33H,11-19H2,1-10H3/t20-,21+,22+,23+,24-,25-,26+,29+,30+,31-,32-/m1/s1. The summed E-state index contributed by atoms with van der Waals surface area (Å²) in [6.45, 7) is 25.8. The Bertz CT molecular complexity index is 796. The normalized spacial score (nSPS) is 59.5. The number of fused-ring (bicyclic) bond motifs is 7. The Morgan fingerprint density at radius 3 is 1.61 bits per heavy atom. The second-order valence-corrected chi connectivity index (χ2v) is 16.7. The molecule has 0 aromatic rings. The molecule has 0 spiro atoms. The number of hydrogen-bond acceptors (Lipinski definition) is 1. The summed E-state index contributed by atoms with van der Waals surface area (Å²) in [4.78, 5) is 0. The summed E-state index contributed by atoms with van der Waals surface area (Å²) in [5.41, 5.74) is 2.32. The maximum Gasteiger partial charge on any atom is 0.0619 e. The lowest BCUT2D eigenvalue weighted by Gasteiger charge is -2.75. The molecule has 5 rings (SSSR count). The average Bonchev–Trinajstić information content (AvgIpc) is 2.65. The molecule has 0 aromatic carbocycles. The molecule has 5 aliphatic carbocycles. The van der Waals surface area contributed by atoms with E-state index >= 15 is 0 Å². The molecule has 1 N–H and O–H groups in total. The molecule has 0 heterocycles. The molecule has 1 heteroatoms. The van der Waals surface area contributed by atoms with Gasteiger partial charge in [0.1, 0.15) is 0 Å². The van der Waals surface area contributed by atoms with Gasteiger partial charge in [-0.3, -0.25) is 0 Å². The van der Waals surface area contributed by atoms with Crippen molar-refractivity contribution >= 4 is 0 Å². The van der Waals surface area contributed by atoms with E-state index in [1.165, 1.54) is 57.8 Å². The molecular formula is C32H56O. The fourth-order valence-corrected chi connectivity index (χ4v) is 13.5. The van der Waals surface area contributed by atoms with Gasteiger partial charge >= 0.3 is 0 Å². The first-order valence-corrected chi connectivity index (χ1v) is 14.7. The van der Waals surface area contributed by atoms with Crippen molar-refractivity contribution in [3.05, 3.63) is 0 Å². The van der Waals surface area contributed by atoms with Crippen LogP contribution in [0.5, 0.6) is 0 Å². The van der Waals surface area contributed by atoms with Gasteiger partial charge in [-0.1, -0.05) is 69.2 Å². The lowest BCUT2D eigenvalue weighted by atomic mass is 9.30. The summed E-state index contributed by atoms with van der Waals surface area (Å²) in [6.07, 6.45) is 12.5. The van der Waals surface area contributed by atoms with Crippen LogP contribution in [0, 0.1) is 68.0 Å². The third-order valence-corrected chi connectivity index (χ3v) is 14.2. The predicted molar refractivity (Wildman–Crippen MR) is 140 cm³/mol. The molecule has 0 bridgehead atoms. The van der Waals surface area contributed by atoms with Crippen LogP contribution in [0.4, 0.5) is 0 Å². The highest BCUT2D eigenvalue weighted by Gasteiger charge is 2.71. The largest absolute Gasteiger partial charge is 0.392 e. The fourth-order valence-electron chi connectivity index (χ4n) is 13.5. The van der Waals surface area contributed by atoms with Gasteiger partial charge in [0.2, 0.25) is 0 Å². The third-order valence-electron chi connectivity index (χ3n) is 14.2. The SMILES string of the molecule is C[C@@H]1CC(C)(C)[C@@H]2CC[C@]3(C)[C@H](CC[C@@H]4[C@@]5(C)C[C@H](C)[C@H](O)C(C)(C)[C@@H]5CC[C@]43C)[C@@]2(C)C1. The Labute approximate surface area is 206 Å². The third kappa shape index (κ3) is 2.93. The number of aliphatic hydroxyl groups is 1. The second kappa shape index (κ2) is 7.04. The maximum atomic E-state index is 11.2. The minimum Gasteiger partial charge on any atom is -0.392 e. The first-order valence-electron chi connectivity index (χ1n) is 14.7. The van der Waals surface area contributed by atoms with E-state index in [2.05, 4.69) is 69.2 Å². The van der Waals surface area contributed by atoms with Crippen LogP contribution in [0.2, 0.25) is 0 Å². The first-order chi connectivity index (χ1) is 15.0. The number of aliphatic hydroxyl groups excluding tert-OH is 1. The molecule has 0 amide bonds. The molecule has 0 radical (unpaired) electrons. The Morgan fingerprint density at radius 2 is 1.06 bits per heavy atom. The van der Waals surface area contributed by atoms with Crippen LogP contribution in [-0.2, 0) is 0 Å². The van der Waals surface area contributed by atoms with Crippen molar-refractivity contribution in [3.8, 4) is 0 Å². The zero-order chi connectivity index (χ0) is 24.4. The number of hydrogen-bond donors (Lipinski definition) is 1. The Balaban J connectivity index is 1.56. The van der Waals surface area contributed by atoms with Gasteiger partial charge in [0.25, 0.3) is 0 Å². The van der Waals surface area contributed by atoms with Gasteiger partial charge in [-0.2, -0.15) is 0 Å². The van der Waals surface area contributed by atoms with E-state index in [0.29, 0.717) is 38.9 Å². The molecule has 190 valence electrons. The molecule has 1 nitrogen and oxygen atoms in total. The fraction of sp³-hybridized carbons (Fsp3) is 1.00. The zero-order valence-corrected chi connectivity index (χ0v) is 23.9. The summed E-state index contributed by atoms with van der Waals surface area (Å²) in [5.74, 6) is 4.54. The topological polar surface area (TPSA) is 20.2 Å². The molecule has 0 saturated heterocycles. The summed E-state index contributed by atoms with van der Waals surface area (Å²) < 4.78 is 0. The molecule has 5 fully saturated rings. The van der Waals surface area contributed by atoms with Gasteiger partial charge in [-0.05, 0) is 126 Å². The lowest BCUT2D eigenvalue weighted by Crippen LogP contribution is -2.69. The molecule has 0 unspecified atom stereocenters. The first kappa shape index (κ1) is 24.6. The van der Waals surface area contributed by atoms with Crippen LogP contribution in [0.1, 0.15) is 127 Å².